The van der Waals surface area contributed by atoms with E-state index in [0.29, 0.717) is 0 Å². The Morgan fingerprint density at radius 3 is 1.14 bits per heavy atom. The third kappa shape index (κ3) is 307. The minimum Gasteiger partial charge on any atom is -0.822 e. The molecule has 5 nitrogen and oxygen atoms in total. The molecule has 0 aromatic carbocycles. The van der Waals surface area contributed by atoms with Crippen molar-refractivity contribution in [3.8, 4) is 0 Å². The zero-order valence-electron chi connectivity index (χ0n) is 3.29. The normalized spacial score (nSPS) is 8.43. The molecule has 0 aliphatic heterocycles. The van der Waals surface area contributed by atoms with Crippen LogP contribution in [0.3, 0.4) is 0 Å². The molecule has 0 aromatic heterocycles. The number of phosphoric acid groups is 1. The Morgan fingerprint density at radius 2 is 1.14 bits per heavy atom. The minimum absolute atomic E-state index is 0. The Morgan fingerprint density at radius 1 is 1.14 bits per heavy atom. The van der Waals surface area contributed by atoms with Gasteiger partial charge in [0.15, 0.2) is 0 Å². The third-order valence-corrected chi connectivity index (χ3v) is 0. The van der Waals surface area contributed by atoms with E-state index in [4.69, 9.17) is 19.2 Å². The molecule has 0 unspecified atom stereocenters. The van der Waals surface area contributed by atoms with E-state index in [1.54, 1.807) is 0 Å². The van der Waals surface area contributed by atoms with E-state index in [1.807, 2.05) is 0 Å². The zero-order chi connectivity index (χ0) is 4.50. The predicted octanol–water partition coefficient (Wildman–Crippen LogP) is -3.65. The van der Waals surface area contributed by atoms with Crippen LogP contribution in [0.1, 0.15) is 0 Å². The van der Waals surface area contributed by atoms with E-state index in [9.17, 15) is 0 Å². The van der Waals surface area contributed by atoms with E-state index < -0.39 is 7.82 Å². The standard InChI is InChI=1S/H3O4P.H2O.Zn/c1-5(2,3)4;;/h(H3,1,2,3,4);1H2;/q;;+2/p-3. The van der Waals surface area contributed by atoms with E-state index >= 15 is 0 Å². The van der Waals surface area contributed by atoms with Gasteiger partial charge in [-0.15, -0.1) is 0 Å². The van der Waals surface area contributed by atoms with Crippen molar-refractivity contribution in [2.24, 2.45) is 0 Å². The van der Waals surface area contributed by atoms with Gasteiger partial charge in [-0.2, -0.15) is 7.82 Å². The molecule has 7 heavy (non-hydrogen) atoms. The van der Waals surface area contributed by atoms with Gasteiger partial charge >= 0.3 is 19.5 Å². The molecule has 0 bridgehead atoms. The van der Waals surface area contributed by atoms with Gasteiger partial charge in [0.05, 0.1) is 0 Å². The quantitative estimate of drug-likeness (QED) is 0.281. The molecule has 0 saturated carbocycles. The van der Waals surface area contributed by atoms with Crippen LogP contribution in [0.5, 0.6) is 0 Å². The second-order valence-electron chi connectivity index (χ2n) is 0.447. The average molecular weight is 178 g/mol. The summed E-state index contributed by atoms with van der Waals surface area (Å²) in [4.78, 5) is 25.6. The SMILES string of the molecule is O.O=P([O-])([O-])[O-].[Zn+2]. The topological polar surface area (TPSA) is 118 Å². The van der Waals surface area contributed by atoms with Crippen LogP contribution < -0.4 is 14.7 Å². The van der Waals surface area contributed by atoms with Gasteiger partial charge in [-0.3, -0.25) is 0 Å². The average Bonchev–Trinajstić information content (AvgIpc) is 0.722. The predicted molar refractivity (Wildman–Crippen MR) is 11.2 cm³/mol. The summed E-state index contributed by atoms with van der Waals surface area (Å²) in [5.41, 5.74) is 0. The molecule has 0 aliphatic carbocycles. The van der Waals surface area contributed by atoms with Crippen molar-refractivity contribution in [3.63, 3.8) is 0 Å². The molecule has 0 saturated heterocycles. The maximum absolute atomic E-state index is 8.55. The molecule has 7 heteroatoms. The Labute approximate surface area is 52.7 Å². The summed E-state index contributed by atoms with van der Waals surface area (Å²) < 4.78 is 8.55. The molecule has 40 valence electrons. The fraction of sp³-hybridized carbons (Fsp3) is 0. The first kappa shape index (κ1) is 15.6. The van der Waals surface area contributed by atoms with Gasteiger partial charge < -0.3 is 24.7 Å². The number of hydrogen-bond acceptors (Lipinski definition) is 4. The minimum atomic E-state index is -5.39. The first-order valence-corrected chi connectivity index (χ1v) is 2.19. The van der Waals surface area contributed by atoms with Crippen LogP contribution in [-0.4, -0.2) is 5.48 Å². The Hall–Kier alpha value is 0.693. The van der Waals surface area contributed by atoms with Crippen LogP contribution in [0.25, 0.3) is 0 Å². The van der Waals surface area contributed by atoms with Gasteiger partial charge in [0, 0.05) is 0 Å². The summed E-state index contributed by atoms with van der Waals surface area (Å²) >= 11 is 0. The van der Waals surface area contributed by atoms with Crippen LogP contribution in [0.2, 0.25) is 0 Å². The first-order chi connectivity index (χ1) is 2.00. The van der Waals surface area contributed by atoms with Gasteiger partial charge in [0.1, 0.15) is 0 Å². The molecule has 0 amide bonds. The Bertz CT molecular complexity index is 54.2. The van der Waals surface area contributed by atoms with E-state index in [1.165, 1.54) is 0 Å². The van der Waals surface area contributed by atoms with Crippen LogP contribution in [0.15, 0.2) is 0 Å². The first-order valence-electron chi connectivity index (χ1n) is 0.730. The van der Waals surface area contributed by atoms with Crippen molar-refractivity contribution >= 4 is 7.82 Å². The summed E-state index contributed by atoms with van der Waals surface area (Å²) in [7, 11) is -5.39. The molecule has 0 heterocycles. The van der Waals surface area contributed by atoms with Gasteiger partial charge in [-0.1, -0.05) is 0 Å². The molecular formula is H2O5PZn-. The van der Waals surface area contributed by atoms with Gasteiger partial charge in [0.25, 0.3) is 0 Å². The monoisotopic (exact) mass is 177 g/mol. The molecule has 0 atom stereocenters. The molecule has 2 N–H and O–H groups in total. The van der Waals surface area contributed by atoms with Crippen molar-refractivity contribution in [2.45, 2.75) is 0 Å². The summed E-state index contributed by atoms with van der Waals surface area (Å²) in [5.74, 6) is 0. The third-order valence-electron chi connectivity index (χ3n) is 0. The largest absolute Gasteiger partial charge is 2.00 e. The summed E-state index contributed by atoms with van der Waals surface area (Å²) in [6, 6.07) is 0. The Kier molecular flexibility index (Phi) is 10.8. The van der Waals surface area contributed by atoms with Gasteiger partial charge in [-0.05, 0) is 0 Å². The van der Waals surface area contributed by atoms with E-state index in [-0.39, 0.29) is 25.0 Å². The molecule has 0 rings (SSSR count). The van der Waals surface area contributed by atoms with Crippen molar-refractivity contribution in [1.82, 2.24) is 0 Å². The second-order valence-corrected chi connectivity index (χ2v) is 1.34. The molecule has 0 aromatic rings. The van der Waals surface area contributed by atoms with E-state index in [0.717, 1.165) is 0 Å². The second kappa shape index (κ2) is 4.84. The number of hydrogen-bond donors (Lipinski definition) is 0. The number of rotatable bonds is 0. The van der Waals surface area contributed by atoms with Crippen LogP contribution >= 0.6 is 7.82 Å². The fourth-order valence-corrected chi connectivity index (χ4v) is 0. The van der Waals surface area contributed by atoms with Gasteiger partial charge in [0.2, 0.25) is 0 Å². The van der Waals surface area contributed by atoms with Crippen LogP contribution in [-0.2, 0) is 24.0 Å². The molecule has 0 fully saturated rings. The zero-order valence-corrected chi connectivity index (χ0v) is 7.15. The summed E-state index contributed by atoms with van der Waals surface area (Å²) in [6.45, 7) is 0. The molecule has 0 radical (unpaired) electrons. The molecular weight excluding hydrogens is 176 g/mol. The van der Waals surface area contributed by atoms with Crippen LogP contribution in [0.4, 0.5) is 0 Å². The maximum Gasteiger partial charge on any atom is 2.00 e. The summed E-state index contributed by atoms with van der Waals surface area (Å²) in [6.07, 6.45) is 0. The van der Waals surface area contributed by atoms with Crippen molar-refractivity contribution in [2.75, 3.05) is 0 Å². The van der Waals surface area contributed by atoms with Crippen molar-refractivity contribution in [3.05, 3.63) is 0 Å². The van der Waals surface area contributed by atoms with Crippen LogP contribution in [0, 0.1) is 0 Å². The molecule has 0 spiro atoms. The van der Waals surface area contributed by atoms with Crippen molar-refractivity contribution in [1.29, 1.82) is 0 Å². The van der Waals surface area contributed by atoms with Crippen molar-refractivity contribution < 1.29 is 44.2 Å². The summed E-state index contributed by atoms with van der Waals surface area (Å²) in [5, 5.41) is 0. The Balaban J connectivity index is -0.0000000800. The van der Waals surface area contributed by atoms with Gasteiger partial charge in [-0.25, -0.2) is 0 Å². The van der Waals surface area contributed by atoms with E-state index in [2.05, 4.69) is 0 Å². The smallest absolute Gasteiger partial charge is 0.822 e. The maximum atomic E-state index is 8.55. The fourth-order valence-electron chi connectivity index (χ4n) is 0. The molecule has 0 aliphatic rings.